The van der Waals surface area contributed by atoms with Crippen LogP contribution in [-0.2, 0) is 10.0 Å². The SMILES string of the molecule is O=C(NCC1=CCCCC1)c1ccc(NS(=O)(=O)c2cccs2)cc1. The fraction of sp³-hybridized carbons (Fsp3) is 0.278. The number of carbonyl (C=O) groups is 1. The predicted molar refractivity (Wildman–Crippen MR) is 100 cm³/mol. The van der Waals surface area contributed by atoms with Crippen molar-refractivity contribution in [2.24, 2.45) is 0 Å². The standard InChI is InChI=1S/C18H20N2O3S2/c21-18(19-13-14-5-2-1-3-6-14)15-8-10-16(11-9-15)20-25(22,23)17-7-4-12-24-17/h4-5,7-12,20H,1-3,6,13H2,(H,19,21). The molecule has 0 spiro atoms. The third kappa shape index (κ3) is 4.70. The van der Waals surface area contributed by atoms with Gasteiger partial charge in [0.2, 0.25) is 0 Å². The summed E-state index contributed by atoms with van der Waals surface area (Å²) in [6.07, 6.45) is 6.74. The normalized spacial score (nSPS) is 14.6. The van der Waals surface area contributed by atoms with E-state index >= 15 is 0 Å². The largest absolute Gasteiger partial charge is 0.348 e. The van der Waals surface area contributed by atoms with Gasteiger partial charge in [-0.15, -0.1) is 11.3 Å². The fourth-order valence-electron chi connectivity index (χ4n) is 2.67. The highest BCUT2D eigenvalue weighted by Crippen LogP contribution is 2.20. The van der Waals surface area contributed by atoms with E-state index in [0.29, 0.717) is 17.8 Å². The number of anilines is 1. The zero-order valence-corrected chi connectivity index (χ0v) is 15.3. The second-order valence-corrected chi connectivity index (χ2v) is 8.76. The Labute approximate surface area is 151 Å². The van der Waals surface area contributed by atoms with Crippen LogP contribution in [0, 0.1) is 0 Å². The number of benzene rings is 1. The van der Waals surface area contributed by atoms with Crippen molar-refractivity contribution in [2.75, 3.05) is 11.3 Å². The van der Waals surface area contributed by atoms with Crippen molar-refractivity contribution in [3.8, 4) is 0 Å². The van der Waals surface area contributed by atoms with E-state index in [0.717, 1.165) is 24.2 Å². The number of hydrogen-bond acceptors (Lipinski definition) is 4. The van der Waals surface area contributed by atoms with Gasteiger partial charge in [-0.3, -0.25) is 9.52 Å². The number of allylic oxidation sites excluding steroid dienone is 1. The molecular formula is C18H20N2O3S2. The van der Waals surface area contributed by atoms with Gasteiger partial charge in [-0.05, 0) is 61.4 Å². The molecule has 3 rings (SSSR count). The van der Waals surface area contributed by atoms with Gasteiger partial charge in [-0.2, -0.15) is 0 Å². The Morgan fingerprint density at radius 3 is 2.56 bits per heavy atom. The number of carbonyl (C=O) groups excluding carboxylic acids is 1. The van der Waals surface area contributed by atoms with Crippen molar-refractivity contribution in [1.29, 1.82) is 0 Å². The highest BCUT2D eigenvalue weighted by molar-refractivity contribution is 7.94. The average molecular weight is 377 g/mol. The van der Waals surface area contributed by atoms with Gasteiger partial charge in [0, 0.05) is 17.8 Å². The number of hydrogen-bond donors (Lipinski definition) is 2. The van der Waals surface area contributed by atoms with Crippen LogP contribution in [0.4, 0.5) is 5.69 Å². The van der Waals surface area contributed by atoms with Crippen molar-refractivity contribution in [1.82, 2.24) is 5.32 Å². The summed E-state index contributed by atoms with van der Waals surface area (Å²) in [5, 5.41) is 4.63. The van der Waals surface area contributed by atoms with Crippen LogP contribution in [0.5, 0.6) is 0 Å². The van der Waals surface area contributed by atoms with Gasteiger partial charge in [0.15, 0.2) is 0 Å². The van der Waals surface area contributed by atoms with E-state index in [2.05, 4.69) is 16.1 Å². The van der Waals surface area contributed by atoms with E-state index in [1.54, 1.807) is 41.8 Å². The van der Waals surface area contributed by atoms with E-state index in [1.807, 2.05) is 0 Å². The molecule has 0 saturated heterocycles. The topological polar surface area (TPSA) is 75.3 Å². The van der Waals surface area contributed by atoms with Gasteiger partial charge in [0.05, 0.1) is 0 Å². The Hall–Kier alpha value is -2.12. The van der Waals surface area contributed by atoms with Crippen LogP contribution in [-0.4, -0.2) is 20.9 Å². The predicted octanol–water partition coefficient (Wildman–Crippen LogP) is 3.78. The Morgan fingerprint density at radius 2 is 1.92 bits per heavy atom. The van der Waals surface area contributed by atoms with Gasteiger partial charge < -0.3 is 5.32 Å². The molecule has 0 saturated carbocycles. The molecular weight excluding hydrogens is 356 g/mol. The molecule has 0 aliphatic heterocycles. The number of amides is 1. The van der Waals surface area contributed by atoms with Crippen molar-refractivity contribution in [3.63, 3.8) is 0 Å². The Morgan fingerprint density at radius 1 is 1.12 bits per heavy atom. The summed E-state index contributed by atoms with van der Waals surface area (Å²) < 4.78 is 27.1. The van der Waals surface area contributed by atoms with Crippen molar-refractivity contribution in [2.45, 2.75) is 29.9 Å². The van der Waals surface area contributed by atoms with Crippen LogP contribution in [0.15, 0.2) is 57.6 Å². The molecule has 25 heavy (non-hydrogen) atoms. The zero-order valence-electron chi connectivity index (χ0n) is 13.7. The van der Waals surface area contributed by atoms with Gasteiger partial charge in [0.1, 0.15) is 4.21 Å². The first kappa shape index (κ1) is 17.7. The molecule has 1 aromatic carbocycles. The minimum atomic E-state index is -3.57. The van der Waals surface area contributed by atoms with Crippen LogP contribution < -0.4 is 10.0 Å². The van der Waals surface area contributed by atoms with E-state index in [9.17, 15) is 13.2 Å². The number of thiophene rings is 1. The van der Waals surface area contributed by atoms with Crippen LogP contribution in [0.25, 0.3) is 0 Å². The maximum Gasteiger partial charge on any atom is 0.271 e. The number of nitrogens with one attached hydrogen (secondary N) is 2. The summed E-state index contributed by atoms with van der Waals surface area (Å²) in [4.78, 5) is 12.2. The van der Waals surface area contributed by atoms with Gasteiger partial charge in [-0.25, -0.2) is 8.42 Å². The van der Waals surface area contributed by atoms with Crippen molar-refractivity contribution >= 4 is 33.0 Å². The van der Waals surface area contributed by atoms with E-state index in [-0.39, 0.29) is 10.1 Å². The van der Waals surface area contributed by atoms with Gasteiger partial charge in [-0.1, -0.05) is 17.7 Å². The van der Waals surface area contributed by atoms with E-state index < -0.39 is 10.0 Å². The molecule has 132 valence electrons. The lowest BCUT2D eigenvalue weighted by Gasteiger charge is -2.13. The third-order valence-electron chi connectivity index (χ3n) is 4.02. The summed E-state index contributed by atoms with van der Waals surface area (Å²) in [5.74, 6) is -0.154. The molecule has 0 atom stereocenters. The summed E-state index contributed by atoms with van der Waals surface area (Å²) in [5.41, 5.74) is 2.22. The average Bonchev–Trinajstić information content (AvgIpc) is 3.17. The molecule has 1 amide bonds. The molecule has 0 fully saturated rings. The van der Waals surface area contributed by atoms with Crippen molar-refractivity contribution in [3.05, 3.63) is 59.0 Å². The molecule has 2 aromatic rings. The summed E-state index contributed by atoms with van der Waals surface area (Å²) >= 11 is 1.16. The molecule has 0 bridgehead atoms. The fourth-order valence-corrected chi connectivity index (χ4v) is 4.72. The Kier molecular flexibility index (Phi) is 5.55. The van der Waals surface area contributed by atoms with Crippen LogP contribution in [0.1, 0.15) is 36.0 Å². The lowest BCUT2D eigenvalue weighted by molar-refractivity contribution is 0.0956. The van der Waals surface area contributed by atoms with Crippen molar-refractivity contribution < 1.29 is 13.2 Å². The minimum absolute atomic E-state index is 0.154. The summed E-state index contributed by atoms with van der Waals surface area (Å²) in [6, 6.07) is 9.68. The Balaban J connectivity index is 1.60. The highest BCUT2D eigenvalue weighted by Gasteiger charge is 2.15. The first-order valence-corrected chi connectivity index (χ1v) is 10.5. The Bertz CT molecular complexity index is 854. The molecule has 2 N–H and O–H groups in total. The van der Waals surface area contributed by atoms with Gasteiger partial charge in [0.25, 0.3) is 15.9 Å². The smallest absolute Gasteiger partial charge is 0.271 e. The molecule has 7 heteroatoms. The first-order valence-electron chi connectivity index (χ1n) is 8.17. The molecule has 1 aliphatic carbocycles. The number of sulfonamides is 1. The molecule has 1 aromatic heterocycles. The maximum atomic E-state index is 12.2. The highest BCUT2D eigenvalue weighted by atomic mass is 32.2. The molecule has 1 heterocycles. The monoisotopic (exact) mass is 376 g/mol. The van der Waals surface area contributed by atoms with Gasteiger partial charge >= 0.3 is 0 Å². The lowest BCUT2D eigenvalue weighted by atomic mass is 9.99. The third-order valence-corrected chi connectivity index (χ3v) is 6.80. The van der Waals surface area contributed by atoms with Crippen LogP contribution in [0.2, 0.25) is 0 Å². The summed E-state index contributed by atoms with van der Waals surface area (Å²) in [7, 11) is -3.57. The lowest BCUT2D eigenvalue weighted by Crippen LogP contribution is -2.26. The molecule has 0 radical (unpaired) electrons. The first-order chi connectivity index (χ1) is 12.0. The van der Waals surface area contributed by atoms with E-state index in [4.69, 9.17) is 0 Å². The molecule has 5 nitrogen and oxygen atoms in total. The van der Waals surface area contributed by atoms with E-state index in [1.165, 1.54) is 18.4 Å². The number of rotatable bonds is 6. The quantitative estimate of drug-likeness (QED) is 0.754. The molecule has 0 unspecified atom stereocenters. The maximum absolute atomic E-state index is 12.2. The van der Waals surface area contributed by atoms with Crippen LogP contribution in [0.3, 0.4) is 0 Å². The molecule has 1 aliphatic rings. The van der Waals surface area contributed by atoms with Crippen LogP contribution >= 0.6 is 11.3 Å². The summed E-state index contributed by atoms with van der Waals surface area (Å²) in [6.45, 7) is 0.575. The second-order valence-electron chi connectivity index (χ2n) is 5.91. The zero-order chi connectivity index (χ0) is 17.7. The second kappa shape index (κ2) is 7.84. The minimum Gasteiger partial charge on any atom is -0.348 e.